The average Bonchev–Trinajstić information content (AvgIpc) is 2.90. The van der Waals surface area contributed by atoms with Gasteiger partial charge in [-0.2, -0.15) is 5.26 Å². The molecule has 0 aliphatic heterocycles. The van der Waals surface area contributed by atoms with Gasteiger partial charge in [0.1, 0.15) is 10.5 Å². The fourth-order valence-electron chi connectivity index (χ4n) is 3.74. The van der Waals surface area contributed by atoms with Gasteiger partial charge in [0.05, 0.1) is 11.2 Å². The third-order valence-electron chi connectivity index (χ3n) is 5.50. The minimum absolute atomic E-state index is 0.108. The van der Waals surface area contributed by atoms with Crippen LogP contribution >= 0.6 is 11.3 Å². The van der Waals surface area contributed by atoms with Crippen molar-refractivity contribution in [1.82, 2.24) is 10.3 Å². The topological polar surface area (TPSA) is 77.8 Å². The molecule has 3 rings (SSSR count). The fourth-order valence-corrected chi connectivity index (χ4v) is 4.89. The maximum absolute atomic E-state index is 12.5. The monoisotopic (exact) mass is 332 g/mol. The molecule has 6 heteroatoms. The highest BCUT2D eigenvalue weighted by Gasteiger charge is 2.44. The summed E-state index contributed by atoms with van der Waals surface area (Å²) < 4.78 is 0. The van der Waals surface area contributed by atoms with Crippen molar-refractivity contribution in [2.75, 3.05) is 5.32 Å². The second-order valence-corrected chi connectivity index (χ2v) is 8.54. The van der Waals surface area contributed by atoms with Crippen LogP contribution in [0, 0.1) is 16.9 Å². The summed E-state index contributed by atoms with van der Waals surface area (Å²) in [7, 11) is 0. The molecule has 0 radical (unpaired) electrons. The van der Waals surface area contributed by atoms with Gasteiger partial charge in [-0.25, -0.2) is 4.98 Å². The van der Waals surface area contributed by atoms with Crippen molar-refractivity contribution >= 4 is 22.2 Å². The highest BCUT2D eigenvalue weighted by molar-refractivity contribution is 7.16. The number of amides is 1. The van der Waals surface area contributed by atoms with Gasteiger partial charge >= 0.3 is 0 Å². The van der Waals surface area contributed by atoms with Crippen LogP contribution in [0.4, 0.5) is 5.00 Å². The number of rotatable bonds is 4. The van der Waals surface area contributed by atoms with Crippen molar-refractivity contribution in [2.45, 2.75) is 70.3 Å². The van der Waals surface area contributed by atoms with E-state index in [2.05, 4.69) is 29.5 Å². The molecule has 0 aromatic carbocycles. The Kier molecular flexibility index (Phi) is 4.33. The minimum atomic E-state index is -0.705. The van der Waals surface area contributed by atoms with E-state index in [1.54, 1.807) is 17.5 Å². The van der Waals surface area contributed by atoms with Gasteiger partial charge < -0.3 is 10.6 Å². The predicted molar refractivity (Wildman–Crippen MR) is 91.1 cm³/mol. The van der Waals surface area contributed by atoms with E-state index in [1.807, 2.05) is 6.19 Å². The van der Waals surface area contributed by atoms with Crippen LogP contribution in [0.1, 0.15) is 69.7 Å². The molecule has 1 atom stereocenters. The maximum Gasteiger partial charge on any atom is 0.251 e. The predicted octanol–water partition coefficient (Wildman–Crippen LogP) is 3.76. The number of nitriles is 1. The zero-order valence-electron chi connectivity index (χ0n) is 13.8. The molecular formula is C17H24N4OS. The third-order valence-corrected chi connectivity index (χ3v) is 6.53. The van der Waals surface area contributed by atoms with Crippen LogP contribution < -0.4 is 10.6 Å². The lowest BCUT2D eigenvalue weighted by Gasteiger charge is -2.38. The van der Waals surface area contributed by atoms with Crippen LogP contribution in [-0.4, -0.2) is 16.4 Å². The summed E-state index contributed by atoms with van der Waals surface area (Å²) in [5.41, 5.74) is -0.433. The molecule has 1 heterocycles. The van der Waals surface area contributed by atoms with E-state index in [0.29, 0.717) is 18.8 Å². The molecule has 0 unspecified atom stereocenters. The SMILES string of the molecule is CC1(C)CCCC[C@H]1c1ncc(NC(=O)C2(NC#N)CCC2)s1. The first-order valence-electron chi connectivity index (χ1n) is 8.40. The van der Waals surface area contributed by atoms with E-state index in [4.69, 9.17) is 5.26 Å². The summed E-state index contributed by atoms with van der Waals surface area (Å²) in [5, 5.41) is 16.4. The van der Waals surface area contributed by atoms with Crippen molar-refractivity contribution < 1.29 is 4.79 Å². The lowest BCUT2D eigenvalue weighted by molar-refractivity contribution is -0.125. The lowest BCUT2D eigenvalue weighted by atomic mass is 9.69. The molecule has 0 bridgehead atoms. The first-order chi connectivity index (χ1) is 11.0. The van der Waals surface area contributed by atoms with E-state index in [-0.39, 0.29) is 11.3 Å². The van der Waals surface area contributed by atoms with Gasteiger partial charge in [-0.05, 0) is 37.5 Å². The van der Waals surface area contributed by atoms with E-state index >= 15 is 0 Å². The molecule has 0 spiro atoms. The Balaban J connectivity index is 1.70. The highest BCUT2D eigenvalue weighted by Crippen LogP contribution is 2.48. The number of anilines is 1. The number of hydrogen-bond acceptors (Lipinski definition) is 5. The van der Waals surface area contributed by atoms with Crippen LogP contribution in [0.3, 0.4) is 0 Å². The number of nitrogens with zero attached hydrogens (tertiary/aromatic N) is 2. The van der Waals surface area contributed by atoms with Crippen molar-refractivity contribution in [3.63, 3.8) is 0 Å². The number of nitrogens with one attached hydrogen (secondary N) is 2. The number of thiazole rings is 1. The molecule has 5 nitrogen and oxygen atoms in total. The van der Waals surface area contributed by atoms with Gasteiger partial charge in [-0.15, -0.1) is 11.3 Å². The van der Waals surface area contributed by atoms with Gasteiger partial charge in [-0.1, -0.05) is 26.7 Å². The largest absolute Gasteiger partial charge is 0.314 e. The van der Waals surface area contributed by atoms with E-state index in [9.17, 15) is 4.79 Å². The Hall–Kier alpha value is -1.61. The first kappa shape index (κ1) is 16.3. The van der Waals surface area contributed by atoms with Crippen LogP contribution in [0.2, 0.25) is 0 Å². The Morgan fingerprint density at radius 3 is 2.74 bits per heavy atom. The second kappa shape index (κ2) is 6.12. The molecule has 1 aromatic rings. The van der Waals surface area contributed by atoms with Gasteiger partial charge in [0.15, 0.2) is 6.19 Å². The van der Waals surface area contributed by atoms with Gasteiger partial charge in [0.2, 0.25) is 0 Å². The Labute approximate surface area is 141 Å². The molecular weight excluding hydrogens is 308 g/mol. The molecule has 2 fully saturated rings. The lowest BCUT2D eigenvalue weighted by Crippen LogP contribution is -2.57. The summed E-state index contributed by atoms with van der Waals surface area (Å²) in [5.74, 6) is 0.366. The summed E-state index contributed by atoms with van der Waals surface area (Å²) in [6.45, 7) is 4.63. The molecule has 2 saturated carbocycles. The van der Waals surface area contributed by atoms with Crippen LogP contribution in [-0.2, 0) is 4.79 Å². The summed E-state index contributed by atoms with van der Waals surface area (Å²) in [6.07, 6.45) is 11.0. The average molecular weight is 332 g/mol. The third kappa shape index (κ3) is 3.07. The second-order valence-electron chi connectivity index (χ2n) is 7.48. The summed E-state index contributed by atoms with van der Waals surface area (Å²) >= 11 is 1.59. The summed E-state index contributed by atoms with van der Waals surface area (Å²) in [6, 6.07) is 0. The number of hydrogen-bond donors (Lipinski definition) is 2. The molecule has 1 aromatic heterocycles. The number of carbonyl (C=O) groups is 1. The van der Waals surface area contributed by atoms with Crippen molar-refractivity contribution in [3.05, 3.63) is 11.2 Å². The highest BCUT2D eigenvalue weighted by atomic mass is 32.1. The van der Waals surface area contributed by atoms with Crippen LogP contribution in [0.15, 0.2) is 6.20 Å². The zero-order valence-corrected chi connectivity index (χ0v) is 14.6. The number of carbonyl (C=O) groups excluding carboxylic acids is 1. The minimum Gasteiger partial charge on any atom is -0.314 e. The van der Waals surface area contributed by atoms with E-state index in [0.717, 1.165) is 16.4 Å². The van der Waals surface area contributed by atoms with Crippen molar-refractivity contribution in [2.24, 2.45) is 5.41 Å². The van der Waals surface area contributed by atoms with Gasteiger partial charge in [0.25, 0.3) is 5.91 Å². The fraction of sp³-hybridized carbons (Fsp3) is 0.706. The standard InChI is InChI=1S/C17H24N4OS/c1-16(2)7-4-3-6-12(16)14-19-10-13(23-14)21-15(22)17(20-11-18)8-5-9-17/h10,12,20H,3-9H2,1-2H3,(H,21,22)/t12-/m0/s1. The van der Waals surface area contributed by atoms with E-state index in [1.165, 1.54) is 25.7 Å². The molecule has 1 amide bonds. The molecule has 124 valence electrons. The first-order valence-corrected chi connectivity index (χ1v) is 9.22. The normalized spacial score (nSPS) is 25.0. The molecule has 0 saturated heterocycles. The maximum atomic E-state index is 12.5. The zero-order chi connectivity index (χ0) is 16.5. The Morgan fingerprint density at radius 2 is 2.13 bits per heavy atom. The summed E-state index contributed by atoms with van der Waals surface area (Å²) in [4.78, 5) is 17.1. The van der Waals surface area contributed by atoms with E-state index < -0.39 is 5.54 Å². The number of aromatic nitrogens is 1. The van der Waals surface area contributed by atoms with Crippen molar-refractivity contribution in [1.29, 1.82) is 5.26 Å². The molecule has 2 N–H and O–H groups in total. The van der Waals surface area contributed by atoms with Crippen LogP contribution in [0.25, 0.3) is 0 Å². The molecule has 2 aliphatic rings. The van der Waals surface area contributed by atoms with Gasteiger partial charge in [-0.3, -0.25) is 4.79 Å². The smallest absolute Gasteiger partial charge is 0.251 e. The molecule has 2 aliphatic carbocycles. The van der Waals surface area contributed by atoms with Gasteiger partial charge in [0, 0.05) is 5.92 Å². The van der Waals surface area contributed by atoms with Crippen molar-refractivity contribution in [3.8, 4) is 6.19 Å². The Morgan fingerprint density at radius 1 is 1.35 bits per heavy atom. The quantitative estimate of drug-likeness (QED) is 0.650. The molecule has 23 heavy (non-hydrogen) atoms. The Bertz CT molecular complexity index is 627. The van der Waals surface area contributed by atoms with Crippen LogP contribution in [0.5, 0.6) is 0 Å².